The van der Waals surface area contributed by atoms with Crippen LogP contribution in [0.4, 0.5) is 0 Å². The second-order valence-electron chi connectivity index (χ2n) is 6.95. The predicted molar refractivity (Wildman–Crippen MR) is 121 cm³/mol. The maximum absolute atomic E-state index is 6.50. The lowest BCUT2D eigenvalue weighted by molar-refractivity contribution is -0.0188. The second-order valence-corrected chi connectivity index (χ2v) is 9.12. The van der Waals surface area contributed by atoms with Gasteiger partial charge in [0.15, 0.2) is 0 Å². The first kappa shape index (κ1) is 19.3. The highest BCUT2D eigenvalue weighted by Crippen LogP contribution is 2.51. The average Bonchev–Trinajstić information content (AvgIpc) is 3.14. The molecule has 7 heteroatoms. The minimum absolute atomic E-state index is 0.0464. The number of ether oxygens (including phenoxy) is 1. The zero-order valence-corrected chi connectivity index (χ0v) is 18.8. The Morgan fingerprint density at radius 1 is 0.931 bits per heavy atom. The van der Waals surface area contributed by atoms with E-state index in [1.54, 1.807) is 6.07 Å². The summed E-state index contributed by atoms with van der Waals surface area (Å²) in [6.07, 6.45) is 0.239. The standard InChI is InChI=1S/C22H14BrCl3N2O/c23-13-7-5-12(6-8-13)19-11-20-16-9-14(24)10-18(26)21(16)29-22(28(20)27-19)15-3-1-2-4-17(15)25/h1-10,20,22H,11H2/t20-,22+/m1/s1. The van der Waals surface area contributed by atoms with Crippen LogP contribution in [0, 0.1) is 0 Å². The van der Waals surface area contributed by atoms with E-state index in [4.69, 9.17) is 44.6 Å². The highest BCUT2D eigenvalue weighted by atomic mass is 79.9. The van der Waals surface area contributed by atoms with Gasteiger partial charge < -0.3 is 4.74 Å². The molecule has 3 nitrogen and oxygen atoms in total. The molecule has 29 heavy (non-hydrogen) atoms. The predicted octanol–water partition coefficient (Wildman–Crippen LogP) is 7.65. The highest BCUT2D eigenvalue weighted by Gasteiger charge is 2.42. The van der Waals surface area contributed by atoms with E-state index in [2.05, 4.69) is 28.1 Å². The van der Waals surface area contributed by atoms with Crippen molar-refractivity contribution in [1.29, 1.82) is 0 Å². The molecule has 0 aliphatic carbocycles. The number of hydrazone groups is 1. The highest BCUT2D eigenvalue weighted by molar-refractivity contribution is 9.10. The third kappa shape index (κ3) is 3.42. The SMILES string of the molecule is Clc1cc(Cl)c2c(c1)[C@H]1CC(c3ccc(Br)cc3)=NN1[C@H](c1ccccc1Cl)O2. The monoisotopic (exact) mass is 506 g/mol. The van der Waals surface area contributed by atoms with E-state index in [1.165, 1.54) is 0 Å². The van der Waals surface area contributed by atoms with Crippen molar-refractivity contribution >= 4 is 56.4 Å². The fraction of sp³-hybridized carbons (Fsp3) is 0.136. The van der Waals surface area contributed by atoms with Crippen LogP contribution in [0.5, 0.6) is 5.75 Å². The van der Waals surface area contributed by atoms with Gasteiger partial charge in [0.25, 0.3) is 0 Å². The average molecular weight is 509 g/mol. The first-order chi connectivity index (χ1) is 14.0. The molecule has 2 aliphatic rings. The van der Waals surface area contributed by atoms with Crippen LogP contribution in [-0.4, -0.2) is 10.7 Å². The van der Waals surface area contributed by atoms with E-state index in [0.717, 1.165) is 33.3 Å². The molecule has 0 unspecified atom stereocenters. The Bertz CT molecular complexity index is 1130. The van der Waals surface area contributed by atoms with E-state index in [1.807, 2.05) is 47.5 Å². The summed E-state index contributed by atoms with van der Waals surface area (Å²) in [5, 5.41) is 8.58. The Kier molecular flexibility index (Phi) is 4.99. The van der Waals surface area contributed by atoms with Crippen molar-refractivity contribution in [3.05, 3.63) is 96.9 Å². The van der Waals surface area contributed by atoms with Crippen molar-refractivity contribution in [2.24, 2.45) is 5.10 Å². The number of halogens is 4. The number of rotatable bonds is 2. The lowest BCUT2D eigenvalue weighted by Crippen LogP contribution is -2.34. The number of benzene rings is 3. The fourth-order valence-electron chi connectivity index (χ4n) is 3.81. The summed E-state index contributed by atoms with van der Waals surface area (Å²) < 4.78 is 7.36. The first-order valence-corrected chi connectivity index (χ1v) is 11.0. The van der Waals surface area contributed by atoms with E-state index in [0.29, 0.717) is 20.8 Å². The molecule has 0 saturated carbocycles. The molecule has 0 spiro atoms. The summed E-state index contributed by atoms with van der Waals surface area (Å²) in [5.74, 6) is 0.634. The molecule has 0 bridgehead atoms. The van der Waals surface area contributed by atoms with Gasteiger partial charge in [0.2, 0.25) is 6.23 Å². The van der Waals surface area contributed by atoms with E-state index < -0.39 is 6.23 Å². The molecule has 0 fully saturated rings. The van der Waals surface area contributed by atoms with Crippen LogP contribution in [-0.2, 0) is 0 Å². The molecule has 0 N–H and O–H groups in total. The van der Waals surface area contributed by atoms with Crippen molar-refractivity contribution in [3.63, 3.8) is 0 Å². The van der Waals surface area contributed by atoms with Crippen molar-refractivity contribution in [2.75, 3.05) is 0 Å². The molecule has 3 aromatic rings. The lowest BCUT2D eigenvalue weighted by Gasteiger charge is -2.38. The molecule has 146 valence electrons. The van der Waals surface area contributed by atoms with Gasteiger partial charge in [-0.15, -0.1) is 0 Å². The van der Waals surface area contributed by atoms with Crippen molar-refractivity contribution in [3.8, 4) is 5.75 Å². The Morgan fingerprint density at radius 2 is 1.69 bits per heavy atom. The third-order valence-electron chi connectivity index (χ3n) is 5.16. The largest absolute Gasteiger partial charge is 0.463 e. The third-order valence-corrected chi connectivity index (χ3v) is 6.53. The van der Waals surface area contributed by atoms with Gasteiger partial charge in [-0.25, -0.2) is 5.01 Å². The number of fused-ring (bicyclic) bond motifs is 3. The molecule has 0 aromatic heterocycles. The van der Waals surface area contributed by atoms with Gasteiger partial charge in [-0.1, -0.05) is 81.1 Å². The van der Waals surface area contributed by atoms with Gasteiger partial charge in [-0.2, -0.15) is 5.10 Å². The zero-order chi connectivity index (χ0) is 20.1. The summed E-state index contributed by atoms with van der Waals surface area (Å²) in [6, 6.07) is 19.3. The normalized spacial score (nSPS) is 20.0. The van der Waals surface area contributed by atoms with Crippen molar-refractivity contribution in [1.82, 2.24) is 5.01 Å². The lowest BCUT2D eigenvalue weighted by atomic mass is 9.96. The van der Waals surface area contributed by atoms with E-state index >= 15 is 0 Å². The Labute approximate surface area is 192 Å². The molecule has 2 aliphatic heterocycles. The molecule has 2 atom stereocenters. The smallest absolute Gasteiger partial charge is 0.215 e. The first-order valence-electron chi connectivity index (χ1n) is 9.03. The second kappa shape index (κ2) is 7.51. The van der Waals surface area contributed by atoms with Gasteiger partial charge >= 0.3 is 0 Å². The van der Waals surface area contributed by atoms with Gasteiger partial charge in [0.05, 0.1) is 16.8 Å². The van der Waals surface area contributed by atoms with Crippen LogP contribution >= 0.6 is 50.7 Å². The van der Waals surface area contributed by atoms with Crippen LogP contribution in [0.2, 0.25) is 15.1 Å². The topological polar surface area (TPSA) is 24.8 Å². The summed E-state index contributed by atoms with van der Waals surface area (Å²) in [6.45, 7) is 0. The van der Waals surface area contributed by atoms with Gasteiger partial charge in [-0.05, 0) is 35.9 Å². The maximum Gasteiger partial charge on any atom is 0.215 e. The fourth-order valence-corrected chi connectivity index (χ4v) is 4.86. The van der Waals surface area contributed by atoms with Crippen molar-refractivity contribution in [2.45, 2.75) is 18.7 Å². The van der Waals surface area contributed by atoms with Crippen LogP contribution in [0.15, 0.2) is 70.2 Å². The Hall–Kier alpha value is -1.72. The summed E-state index contributed by atoms with van der Waals surface area (Å²) in [5.41, 5.74) is 3.82. The molecule has 0 radical (unpaired) electrons. The molecule has 5 rings (SSSR count). The molecular formula is C22H14BrCl3N2O. The quantitative estimate of drug-likeness (QED) is 0.355. The van der Waals surface area contributed by atoms with E-state index in [9.17, 15) is 0 Å². The van der Waals surface area contributed by atoms with Crippen LogP contribution in [0.3, 0.4) is 0 Å². The zero-order valence-electron chi connectivity index (χ0n) is 14.9. The molecule has 0 saturated heterocycles. The van der Waals surface area contributed by atoms with Gasteiger partial charge in [0, 0.05) is 32.1 Å². The molecule has 0 amide bonds. The van der Waals surface area contributed by atoms with Crippen LogP contribution in [0.25, 0.3) is 0 Å². The van der Waals surface area contributed by atoms with Gasteiger partial charge in [0.1, 0.15) is 5.75 Å². The van der Waals surface area contributed by atoms with Crippen LogP contribution < -0.4 is 4.74 Å². The molecule has 3 aromatic carbocycles. The summed E-state index contributed by atoms with van der Waals surface area (Å²) >= 11 is 22.8. The minimum atomic E-state index is -0.479. The Balaban J connectivity index is 1.65. The van der Waals surface area contributed by atoms with E-state index in [-0.39, 0.29) is 6.04 Å². The summed E-state index contributed by atoms with van der Waals surface area (Å²) in [4.78, 5) is 0. The van der Waals surface area contributed by atoms with Crippen LogP contribution in [0.1, 0.15) is 35.4 Å². The van der Waals surface area contributed by atoms with Crippen molar-refractivity contribution < 1.29 is 4.74 Å². The summed E-state index contributed by atoms with van der Waals surface area (Å²) in [7, 11) is 0. The number of hydrogen-bond donors (Lipinski definition) is 0. The maximum atomic E-state index is 6.50. The Morgan fingerprint density at radius 3 is 2.45 bits per heavy atom. The minimum Gasteiger partial charge on any atom is -0.463 e. The number of nitrogens with zero attached hydrogens (tertiary/aromatic N) is 2. The van der Waals surface area contributed by atoms with Gasteiger partial charge in [-0.3, -0.25) is 0 Å². The molecule has 2 heterocycles. The molecular weight excluding hydrogens is 495 g/mol. The number of hydrogen-bond acceptors (Lipinski definition) is 3.